The first-order valence-corrected chi connectivity index (χ1v) is 10.2. The fourth-order valence-corrected chi connectivity index (χ4v) is 3.58. The first-order valence-electron chi connectivity index (χ1n) is 10.2. The van der Waals surface area contributed by atoms with E-state index in [1.54, 1.807) is 0 Å². The van der Waals surface area contributed by atoms with Crippen LogP contribution in [0.15, 0.2) is 12.2 Å². The van der Waals surface area contributed by atoms with Crippen molar-refractivity contribution in [2.45, 2.75) is 122 Å². The highest BCUT2D eigenvalue weighted by atomic mass is 15.0. The predicted octanol–water partition coefficient (Wildman–Crippen LogP) is 6.77. The van der Waals surface area contributed by atoms with Crippen molar-refractivity contribution >= 4 is 0 Å². The molecule has 1 fully saturated rings. The highest BCUT2D eigenvalue weighted by molar-refractivity contribution is 4.83. The fourth-order valence-electron chi connectivity index (χ4n) is 3.58. The molecule has 1 saturated heterocycles. The van der Waals surface area contributed by atoms with Gasteiger partial charge in [0.25, 0.3) is 0 Å². The van der Waals surface area contributed by atoms with Crippen molar-refractivity contribution in [1.29, 1.82) is 0 Å². The van der Waals surface area contributed by atoms with Gasteiger partial charge >= 0.3 is 0 Å². The molecular weight excluding hydrogens is 266 g/mol. The molecule has 0 saturated carbocycles. The third-order valence-corrected chi connectivity index (χ3v) is 5.02. The van der Waals surface area contributed by atoms with Crippen LogP contribution >= 0.6 is 0 Å². The zero-order chi connectivity index (χ0) is 15.9. The Bertz CT molecular complexity index is 259. The summed E-state index contributed by atoms with van der Waals surface area (Å²) in [6, 6.07) is 1.54. The van der Waals surface area contributed by atoms with Crippen LogP contribution in [0, 0.1) is 0 Å². The van der Waals surface area contributed by atoms with Crippen LogP contribution in [-0.4, -0.2) is 12.1 Å². The van der Waals surface area contributed by atoms with Gasteiger partial charge in [-0.2, -0.15) is 0 Å². The second-order valence-corrected chi connectivity index (χ2v) is 7.36. The van der Waals surface area contributed by atoms with Gasteiger partial charge in [0.05, 0.1) is 0 Å². The van der Waals surface area contributed by atoms with Gasteiger partial charge in [-0.05, 0) is 51.9 Å². The SMILES string of the molecule is CCCCCCCCCCC=CCCCC1CCCC(C)N1. The molecule has 0 aromatic carbocycles. The molecule has 130 valence electrons. The molecule has 0 spiro atoms. The summed E-state index contributed by atoms with van der Waals surface area (Å²) in [4.78, 5) is 0. The van der Waals surface area contributed by atoms with Gasteiger partial charge in [-0.25, -0.2) is 0 Å². The minimum absolute atomic E-state index is 0.747. The van der Waals surface area contributed by atoms with E-state index >= 15 is 0 Å². The number of hydrogen-bond donors (Lipinski definition) is 1. The average Bonchev–Trinajstić information content (AvgIpc) is 2.52. The topological polar surface area (TPSA) is 12.0 Å². The predicted molar refractivity (Wildman–Crippen MR) is 100 cm³/mol. The van der Waals surface area contributed by atoms with Crippen molar-refractivity contribution in [3.63, 3.8) is 0 Å². The Labute approximate surface area is 140 Å². The summed E-state index contributed by atoms with van der Waals surface area (Å²) in [6.45, 7) is 4.62. The van der Waals surface area contributed by atoms with Gasteiger partial charge in [-0.3, -0.25) is 0 Å². The van der Waals surface area contributed by atoms with Gasteiger partial charge in [0.1, 0.15) is 0 Å². The third kappa shape index (κ3) is 11.3. The van der Waals surface area contributed by atoms with E-state index in [-0.39, 0.29) is 0 Å². The van der Waals surface area contributed by atoms with Crippen LogP contribution in [-0.2, 0) is 0 Å². The van der Waals surface area contributed by atoms with E-state index in [2.05, 4.69) is 31.3 Å². The smallest absolute Gasteiger partial charge is 0.00696 e. The highest BCUT2D eigenvalue weighted by Crippen LogP contribution is 2.17. The van der Waals surface area contributed by atoms with Crippen molar-refractivity contribution < 1.29 is 0 Å². The largest absolute Gasteiger partial charge is 0.312 e. The molecule has 0 amide bonds. The number of allylic oxidation sites excluding steroid dienone is 2. The van der Waals surface area contributed by atoms with Crippen LogP contribution in [0.2, 0.25) is 0 Å². The van der Waals surface area contributed by atoms with Gasteiger partial charge in [0.2, 0.25) is 0 Å². The van der Waals surface area contributed by atoms with Crippen LogP contribution in [0.1, 0.15) is 110 Å². The normalized spacial score (nSPS) is 22.5. The zero-order valence-corrected chi connectivity index (χ0v) is 15.4. The number of nitrogens with one attached hydrogen (secondary N) is 1. The lowest BCUT2D eigenvalue weighted by molar-refractivity contribution is 0.318. The molecular formula is C21H41N. The van der Waals surface area contributed by atoms with E-state index in [4.69, 9.17) is 0 Å². The van der Waals surface area contributed by atoms with Crippen molar-refractivity contribution in [1.82, 2.24) is 5.32 Å². The maximum atomic E-state index is 3.74. The van der Waals surface area contributed by atoms with Crippen LogP contribution in [0.3, 0.4) is 0 Å². The molecule has 1 heteroatoms. The lowest BCUT2D eigenvalue weighted by atomic mass is 9.96. The molecule has 0 aromatic heterocycles. The monoisotopic (exact) mass is 307 g/mol. The zero-order valence-electron chi connectivity index (χ0n) is 15.4. The van der Waals surface area contributed by atoms with Gasteiger partial charge < -0.3 is 5.32 Å². The average molecular weight is 308 g/mol. The summed E-state index contributed by atoms with van der Waals surface area (Å²) in [5.41, 5.74) is 0. The maximum Gasteiger partial charge on any atom is 0.00696 e. The molecule has 0 bridgehead atoms. The minimum Gasteiger partial charge on any atom is -0.312 e. The molecule has 22 heavy (non-hydrogen) atoms. The summed E-state index contributed by atoms with van der Waals surface area (Å²) in [7, 11) is 0. The Hall–Kier alpha value is -0.300. The molecule has 1 heterocycles. The van der Waals surface area contributed by atoms with Crippen molar-refractivity contribution in [2.75, 3.05) is 0 Å². The summed E-state index contributed by atoms with van der Waals surface area (Å²) >= 11 is 0. The van der Waals surface area contributed by atoms with Crippen LogP contribution < -0.4 is 5.32 Å². The first kappa shape index (κ1) is 19.7. The minimum atomic E-state index is 0.747. The standard InChI is InChI=1S/C21H41N/c1-3-4-5-6-7-8-9-10-11-12-13-14-15-18-21-19-16-17-20(2)22-21/h12-13,20-22H,3-11,14-19H2,1-2H3. The van der Waals surface area contributed by atoms with Crippen molar-refractivity contribution in [3.05, 3.63) is 12.2 Å². The van der Waals surface area contributed by atoms with Gasteiger partial charge in [0, 0.05) is 12.1 Å². The van der Waals surface area contributed by atoms with Crippen LogP contribution in [0.5, 0.6) is 0 Å². The first-order chi connectivity index (χ1) is 10.8. The number of rotatable bonds is 13. The molecule has 0 radical (unpaired) electrons. The molecule has 0 aromatic rings. The molecule has 1 aliphatic rings. The van der Waals surface area contributed by atoms with Gasteiger partial charge in [0.15, 0.2) is 0 Å². The fraction of sp³-hybridized carbons (Fsp3) is 0.905. The summed E-state index contributed by atoms with van der Waals surface area (Å²) < 4.78 is 0. The Balaban J connectivity index is 1.80. The Morgan fingerprint density at radius 1 is 0.818 bits per heavy atom. The molecule has 2 atom stereocenters. The molecule has 2 unspecified atom stereocenters. The lowest BCUT2D eigenvalue weighted by Crippen LogP contribution is -2.40. The van der Waals surface area contributed by atoms with E-state index in [0.717, 1.165) is 12.1 Å². The molecule has 1 nitrogen and oxygen atoms in total. The molecule has 1 N–H and O–H groups in total. The van der Waals surface area contributed by atoms with E-state index in [1.165, 1.54) is 96.3 Å². The quantitative estimate of drug-likeness (QED) is 0.292. The summed E-state index contributed by atoms with van der Waals surface area (Å²) in [6.07, 6.45) is 25.8. The van der Waals surface area contributed by atoms with Crippen molar-refractivity contribution in [2.24, 2.45) is 0 Å². The van der Waals surface area contributed by atoms with E-state index in [0.29, 0.717) is 0 Å². The number of piperidine rings is 1. The summed E-state index contributed by atoms with van der Waals surface area (Å²) in [5.74, 6) is 0. The number of hydrogen-bond acceptors (Lipinski definition) is 1. The van der Waals surface area contributed by atoms with Gasteiger partial charge in [-0.1, -0.05) is 70.4 Å². The second-order valence-electron chi connectivity index (χ2n) is 7.36. The molecule has 0 aliphatic carbocycles. The van der Waals surface area contributed by atoms with E-state index in [9.17, 15) is 0 Å². The lowest BCUT2D eigenvalue weighted by Gasteiger charge is -2.28. The molecule has 1 rings (SSSR count). The van der Waals surface area contributed by atoms with Crippen LogP contribution in [0.25, 0.3) is 0 Å². The third-order valence-electron chi connectivity index (χ3n) is 5.02. The van der Waals surface area contributed by atoms with Crippen LogP contribution in [0.4, 0.5) is 0 Å². The second kappa shape index (κ2) is 14.3. The van der Waals surface area contributed by atoms with E-state index < -0.39 is 0 Å². The Kier molecular flexibility index (Phi) is 12.8. The highest BCUT2D eigenvalue weighted by Gasteiger charge is 2.16. The maximum absolute atomic E-state index is 3.74. The van der Waals surface area contributed by atoms with Crippen molar-refractivity contribution in [3.8, 4) is 0 Å². The Morgan fingerprint density at radius 2 is 1.45 bits per heavy atom. The Morgan fingerprint density at radius 3 is 2.14 bits per heavy atom. The molecule has 1 aliphatic heterocycles. The van der Waals surface area contributed by atoms with Gasteiger partial charge in [-0.15, -0.1) is 0 Å². The summed E-state index contributed by atoms with van der Waals surface area (Å²) in [5, 5.41) is 3.74. The number of unbranched alkanes of at least 4 members (excludes halogenated alkanes) is 9. The van der Waals surface area contributed by atoms with E-state index in [1.807, 2.05) is 0 Å².